The second-order valence-electron chi connectivity index (χ2n) is 4.17. The van der Waals surface area contributed by atoms with Crippen LogP contribution in [0, 0.1) is 11.3 Å². The first-order valence-electron chi connectivity index (χ1n) is 4.46. The van der Waals surface area contributed by atoms with Gasteiger partial charge in [0, 0.05) is 5.92 Å². The van der Waals surface area contributed by atoms with E-state index in [1.807, 2.05) is 6.92 Å². The molecule has 2 aliphatic rings. The van der Waals surface area contributed by atoms with Gasteiger partial charge in [-0.3, -0.25) is 4.79 Å². The molecule has 0 amide bonds. The van der Waals surface area contributed by atoms with Crippen LogP contribution in [0.4, 0.5) is 0 Å². The standard InChI is InChI=1S/C10H14O2/c1-7-3-4-10(2)8(5-7)6-12-9(10)11/h3,8H,4-6H2,1-2H3/t8-,10-/m1/s1. The molecular weight excluding hydrogens is 152 g/mol. The minimum Gasteiger partial charge on any atom is -0.465 e. The van der Waals surface area contributed by atoms with E-state index in [0.717, 1.165) is 12.8 Å². The van der Waals surface area contributed by atoms with Gasteiger partial charge in [-0.2, -0.15) is 0 Å². The number of allylic oxidation sites excluding steroid dienone is 2. The highest BCUT2D eigenvalue weighted by Crippen LogP contribution is 2.45. The zero-order chi connectivity index (χ0) is 8.77. The molecule has 0 aromatic heterocycles. The molecule has 1 aliphatic heterocycles. The third kappa shape index (κ3) is 0.904. The number of rotatable bonds is 0. The van der Waals surface area contributed by atoms with Gasteiger partial charge in [0.1, 0.15) is 0 Å². The van der Waals surface area contributed by atoms with E-state index < -0.39 is 0 Å². The maximum absolute atomic E-state index is 11.4. The molecule has 2 rings (SSSR count). The van der Waals surface area contributed by atoms with Gasteiger partial charge >= 0.3 is 5.97 Å². The molecule has 2 atom stereocenters. The summed E-state index contributed by atoms with van der Waals surface area (Å²) in [7, 11) is 0. The topological polar surface area (TPSA) is 26.3 Å². The Labute approximate surface area is 72.6 Å². The summed E-state index contributed by atoms with van der Waals surface area (Å²) < 4.78 is 5.08. The lowest BCUT2D eigenvalue weighted by molar-refractivity contribution is -0.145. The molecule has 1 saturated heterocycles. The Hall–Kier alpha value is -0.790. The van der Waals surface area contributed by atoms with Crippen LogP contribution in [0.25, 0.3) is 0 Å². The van der Waals surface area contributed by atoms with Gasteiger partial charge in [-0.25, -0.2) is 0 Å². The molecule has 0 N–H and O–H groups in total. The fourth-order valence-corrected chi connectivity index (χ4v) is 2.08. The molecule has 0 radical (unpaired) electrons. The van der Waals surface area contributed by atoms with Gasteiger partial charge in [0.05, 0.1) is 12.0 Å². The Morgan fingerprint density at radius 1 is 1.67 bits per heavy atom. The molecule has 0 spiro atoms. The molecule has 1 heterocycles. The molecule has 12 heavy (non-hydrogen) atoms. The number of carbonyl (C=O) groups excluding carboxylic acids is 1. The van der Waals surface area contributed by atoms with Crippen molar-refractivity contribution in [2.75, 3.05) is 6.61 Å². The van der Waals surface area contributed by atoms with Gasteiger partial charge in [-0.15, -0.1) is 0 Å². The minimum atomic E-state index is -0.209. The van der Waals surface area contributed by atoms with E-state index in [-0.39, 0.29) is 11.4 Å². The minimum absolute atomic E-state index is 0.00347. The lowest BCUT2D eigenvalue weighted by Crippen LogP contribution is -2.31. The summed E-state index contributed by atoms with van der Waals surface area (Å²) in [4.78, 5) is 11.4. The molecule has 0 aromatic rings. The highest BCUT2D eigenvalue weighted by molar-refractivity contribution is 5.79. The molecule has 1 fully saturated rings. The number of ether oxygens (including phenoxy) is 1. The first-order valence-corrected chi connectivity index (χ1v) is 4.46. The van der Waals surface area contributed by atoms with Crippen molar-refractivity contribution >= 4 is 5.97 Å². The van der Waals surface area contributed by atoms with Crippen LogP contribution in [0.3, 0.4) is 0 Å². The number of esters is 1. The van der Waals surface area contributed by atoms with E-state index in [1.165, 1.54) is 5.57 Å². The number of hydrogen-bond acceptors (Lipinski definition) is 2. The molecule has 0 bridgehead atoms. The Kier molecular flexibility index (Phi) is 1.53. The Bertz CT molecular complexity index is 255. The summed E-state index contributed by atoms with van der Waals surface area (Å²) in [5.41, 5.74) is 1.19. The fourth-order valence-electron chi connectivity index (χ4n) is 2.08. The van der Waals surface area contributed by atoms with E-state index >= 15 is 0 Å². The summed E-state index contributed by atoms with van der Waals surface area (Å²) in [5.74, 6) is 0.422. The smallest absolute Gasteiger partial charge is 0.312 e. The van der Waals surface area contributed by atoms with Crippen LogP contribution < -0.4 is 0 Å². The maximum atomic E-state index is 11.4. The largest absolute Gasteiger partial charge is 0.465 e. The SMILES string of the molecule is CC1=CC[C@@]2(C)C(=O)OC[C@H]2C1. The number of carbonyl (C=O) groups is 1. The third-order valence-corrected chi connectivity index (χ3v) is 3.23. The third-order valence-electron chi connectivity index (χ3n) is 3.23. The summed E-state index contributed by atoms with van der Waals surface area (Å²) in [6.07, 6.45) is 4.06. The summed E-state index contributed by atoms with van der Waals surface area (Å²) in [6, 6.07) is 0. The van der Waals surface area contributed by atoms with Crippen LogP contribution in [0.5, 0.6) is 0 Å². The Morgan fingerprint density at radius 3 is 3.17 bits per heavy atom. The average Bonchev–Trinajstić information content (AvgIpc) is 2.31. The number of fused-ring (bicyclic) bond motifs is 1. The van der Waals surface area contributed by atoms with Gasteiger partial charge in [0.15, 0.2) is 0 Å². The van der Waals surface area contributed by atoms with Crippen LogP contribution >= 0.6 is 0 Å². The summed E-state index contributed by atoms with van der Waals surface area (Å²) >= 11 is 0. The predicted octanol–water partition coefficient (Wildman–Crippen LogP) is 1.91. The first-order chi connectivity index (χ1) is 5.63. The number of cyclic esters (lactones) is 1. The summed E-state index contributed by atoms with van der Waals surface area (Å²) in [6.45, 7) is 4.78. The Balaban J connectivity index is 2.30. The molecule has 0 aromatic carbocycles. The highest BCUT2D eigenvalue weighted by Gasteiger charge is 2.48. The van der Waals surface area contributed by atoms with Gasteiger partial charge in [0.25, 0.3) is 0 Å². The zero-order valence-electron chi connectivity index (χ0n) is 7.59. The van der Waals surface area contributed by atoms with Gasteiger partial charge in [-0.1, -0.05) is 11.6 Å². The van der Waals surface area contributed by atoms with Crippen molar-refractivity contribution in [2.45, 2.75) is 26.7 Å². The average molecular weight is 166 g/mol. The first kappa shape index (κ1) is 7.84. The molecule has 0 unspecified atom stereocenters. The molecule has 66 valence electrons. The van der Waals surface area contributed by atoms with Crippen molar-refractivity contribution in [1.82, 2.24) is 0 Å². The normalized spacial score (nSPS) is 40.3. The predicted molar refractivity (Wildman–Crippen MR) is 45.5 cm³/mol. The molecule has 2 heteroatoms. The molecule has 0 saturated carbocycles. The monoisotopic (exact) mass is 166 g/mol. The van der Waals surface area contributed by atoms with Gasteiger partial charge in [-0.05, 0) is 26.7 Å². The van der Waals surface area contributed by atoms with E-state index in [0.29, 0.717) is 12.5 Å². The van der Waals surface area contributed by atoms with Crippen LogP contribution in [-0.2, 0) is 9.53 Å². The van der Waals surface area contributed by atoms with E-state index in [1.54, 1.807) is 0 Å². The van der Waals surface area contributed by atoms with Crippen LogP contribution in [0.1, 0.15) is 26.7 Å². The lowest BCUT2D eigenvalue weighted by Gasteiger charge is -2.29. The molecule has 1 aliphatic carbocycles. The van der Waals surface area contributed by atoms with Crippen LogP contribution in [0.15, 0.2) is 11.6 Å². The van der Waals surface area contributed by atoms with Crippen molar-refractivity contribution in [1.29, 1.82) is 0 Å². The Morgan fingerprint density at radius 2 is 2.42 bits per heavy atom. The maximum Gasteiger partial charge on any atom is 0.312 e. The van der Waals surface area contributed by atoms with E-state index in [2.05, 4.69) is 13.0 Å². The van der Waals surface area contributed by atoms with Crippen molar-refractivity contribution < 1.29 is 9.53 Å². The van der Waals surface area contributed by atoms with Crippen molar-refractivity contribution in [3.8, 4) is 0 Å². The van der Waals surface area contributed by atoms with E-state index in [9.17, 15) is 4.79 Å². The zero-order valence-corrected chi connectivity index (χ0v) is 7.59. The van der Waals surface area contributed by atoms with Crippen molar-refractivity contribution in [3.63, 3.8) is 0 Å². The van der Waals surface area contributed by atoms with Gasteiger partial charge in [0.2, 0.25) is 0 Å². The second kappa shape index (κ2) is 2.35. The van der Waals surface area contributed by atoms with Crippen molar-refractivity contribution in [3.05, 3.63) is 11.6 Å². The van der Waals surface area contributed by atoms with Crippen molar-refractivity contribution in [2.24, 2.45) is 11.3 Å². The summed E-state index contributed by atoms with van der Waals surface area (Å²) in [5, 5.41) is 0. The molecule has 2 nitrogen and oxygen atoms in total. The quantitative estimate of drug-likeness (QED) is 0.406. The van der Waals surface area contributed by atoms with Crippen LogP contribution in [-0.4, -0.2) is 12.6 Å². The van der Waals surface area contributed by atoms with Gasteiger partial charge < -0.3 is 4.74 Å². The highest BCUT2D eigenvalue weighted by atomic mass is 16.5. The van der Waals surface area contributed by atoms with E-state index in [4.69, 9.17) is 4.74 Å². The second-order valence-corrected chi connectivity index (χ2v) is 4.17. The number of hydrogen-bond donors (Lipinski definition) is 0. The fraction of sp³-hybridized carbons (Fsp3) is 0.700. The molecular formula is C10H14O2. The lowest BCUT2D eigenvalue weighted by atomic mass is 9.70. The van der Waals surface area contributed by atoms with Crippen LogP contribution in [0.2, 0.25) is 0 Å².